The SMILES string of the molecule is CCCS(=S)C1[C@H](C)O[C@H](CO)[C@@H]1O. The van der Waals surface area contributed by atoms with Gasteiger partial charge in [0.25, 0.3) is 0 Å². The summed E-state index contributed by atoms with van der Waals surface area (Å²) in [6.45, 7) is 3.88. The lowest BCUT2D eigenvalue weighted by molar-refractivity contribution is -0.0170. The van der Waals surface area contributed by atoms with E-state index in [4.69, 9.17) is 21.0 Å². The second kappa shape index (κ2) is 5.51. The number of ether oxygens (including phenoxy) is 1. The summed E-state index contributed by atoms with van der Waals surface area (Å²) in [5.41, 5.74) is 0. The number of aliphatic hydroxyl groups excluding tert-OH is 2. The lowest BCUT2D eigenvalue weighted by atomic mass is 10.1. The van der Waals surface area contributed by atoms with E-state index in [9.17, 15) is 5.11 Å². The van der Waals surface area contributed by atoms with Crippen LogP contribution in [0.1, 0.15) is 20.3 Å². The van der Waals surface area contributed by atoms with Crippen LogP contribution in [0.15, 0.2) is 0 Å². The summed E-state index contributed by atoms with van der Waals surface area (Å²) in [7, 11) is -0.231. The van der Waals surface area contributed by atoms with Crippen molar-refractivity contribution in [1.29, 1.82) is 0 Å². The van der Waals surface area contributed by atoms with Gasteiger partial charge in [0, 0.05) is 0 Å². The topological polar surface area (TPSA) is 49.7 Å². The Morgan fingerprint density at radius 3 is 2.57 bits per heavy atom. The molecule has 5 heteroatoms. The Bertz CT molecular complexity index is 210. The van der Waals surface area contributed by atoms with E-state index in [0.717, 1.165) is 12.2 Å². The zero-order valence-corrected chi connectivity index (χ0v) is 10.2. The van der Waals surface area contributed by atoms with Gasteiger partial charge in [-0.2, -0.15) is 0 Å². The Balaban J connectivity index is 2.64. The first-order valence-corrected chi connectivity index (χ1v) is 7.31. The highest BCUT2D eigenvalue weighted by Gasteiger charge is 2.42. The van der Waals surface area contributed by atoms with Gasteiger partial charge >= 0.3 is 0 Å². The van der Waals surface area contributed by atoms with Gasteiger partial charge in [0.2, 0.25) is 0 Å². The molecule has 1 rings (SSSR count). The molecule has 1 aliphatic rings. The summed E-state index contributed by atoms with van der Waals surface area (Å²) in [6, 6.07) is 0. The van der Waals surface area contributed by atoms with E-state index in [-0.39, 0.29) is 27.4 Å². The predicted octanol–water partition coefficient (Wildman–Crippen LogP) is -0.0143. The van der Waals surface area contributed by atoms with Crippen LogP contribution in [0.4, 0.5) is 0 Å². The van der Waals surface area contributed by atoms with Crippen LogP contribution in [0.2, 0.25) is 0 Å². The maximum absolute atomic E-state index is 9.87. The van der Waals surface area contributed by atoms with E-state index in [0.29, 0.717) is 0 Å². The molecule has 0 aromatic rings. The fourth-order valence-corrected chi connectivity index (χ4v) is 4.74. The Kier molecular flexibility index (Phi) is 4.93. The zero-order valence-electron chi connectivity index (χ0n) is 8.55. The van der Waals surface area contributed by atoms with Gasteiger partial charge in [0.15, 0.2) is 0 Å². The molecule has 3 nitrogen and oxygen atoms in total. The van der Waals surface area contributed by atoms with E-state index in [1.54, 1.807) is 0 Å². The van der Waals surface area contributed by atoms with Crippen molar-refractivity contribution in [3.8, 4) is 0 Å². The number of hydrogen-bond donors (Lipinski definition) is 2. The number of aliphatic hydroxyl groups is 2. The molecule has 0 aliphatic carbocycles. The van der Waals surface area contributed by atoms with E-state index in [1.165, 1.54) is 0 Å². The van der Waals surface area contributed by atoms with Crippen LogP contribution in [0.3, 0.4) is 0 Å². The third kappa shape index (κ3) is 2.52. The minimum absolute atomic E-state index is 0.0158. The summed E-state index contributed by atoms with van der Waals surface area (Å²) >= 11 is 5.36. The molecule has 0 aromatic carbocycles. The molecule has 0 bridgehead atoms. The van der Waals surface area contributed by atoms with E-state index < -0.39 is 12.2 Å². The molecule has 0 saturated carbocycles. The molecule has 0 spiro atoms. The van der Waals surface area contributed by atoms with Gasteiger partial charge in [-0.1, -0.05) is 18.1 Å². The smallest absolute Gasteiger partial charge is 0.108 e. The summed E-state index contributed by atoms with van der Waals surface area (Å²) in [4.78, 5) is 0. The molecule has 2 unspecified atom stereocenters. The molecule has 1 saturated heterocycles. The number of rotatable bonds is 4. The third-order valence-electron chi connectivity index (χ3n) is 2.46. The maximum Gasteiger partial charge on any atom is 0.108 e. The van der Waals surface area contributed by atoms with Crippen LogP contribution in [0, 0.1) is 0 Å². The highest BCUT2D eigenvalue weighted by molar-refractivity contribution is 8.29. The largest absolute Gasteiger partial charge is 0.394 e. The van der Waals surface area contributed by atoms with Crippen molar-refractivity contribution in [2.24, 2.45) is 0 Å². The Morgan fingerprint density at radius 1 is 1.50 bits per heavy atom. The van der Waals surface area contributed by atoms with Crippen LogP contribution in [0.25, 0.3) is 0 Å². The Labute approximate surface area is 92.1 Å². The van der Waals surface area contributed by atoms with Gasteiger partial charge < -0.3 is 14.9 Å². The van der Waals surface area contributed by atoms with Gasteiger partial charge in [-0.15, -0.1) is 9.45 Å². The van der Waals surface area contributed by atoms with Crippen molar-refractivity contribution in [2.45, 2.75) is 43.8 Å². The van der Waals surface area contributed by atoms with Crippen molar-refractivity contribution >= 4 is 20.6 Å². The highest BCUT2D eigenvalue weighted by Crippen LogP contribution is 2.25. The molecule has 0 amide bonds. The monoisotopic (exact) mass is 238 g/mol. The van der Waals surface area contributed by atoms with Crippen LogP contribution in [-0.4, -0.2) is 46.1 Å². The lowest BCUT2D eigenvalue weighted by Crippen LogP contribution is -2.37. The van der Waals surface area contributed by atoms with E-state index in [2.05, 4.69) is 6.92 Å². The minimum Gasteiger partial charge on any atom is -0.394 e. The van der Waals surface area contributed by atoms with Gasteiger partial charge in [0.1, 0.15) is 6.10 Å². The van der Waals surface area contributed by atoms with Crippen molar-refractivity contribution in [3.05, 3.63) is 0 Å². The van der Waals surface area contributed by atoms with Gasteiger partial charge in [-0.25, -0.2) is 0 Å². The van der Waals surface area contributed by atoms with E-state index >= 15 is 0 Å². The molecule has 5 atom stereocenters. The summed E-state index contributed by atoms with van der Waals surface area (Å²) in [5.74, 6) is 0.947. The molecule has 1 heterocycles. The second-order valence-electron chi connectivity index (χ2n) is 3.60. The molecule has 1 fully saturated rings. The highest BCUT2D eigenvalue weighted by atomic mass is 32.8. The fraction of sp³-hybridized carbons (Fsp3) is 1.00. The molecule has 0 radical (unpaired) electrons. The molecule has 2 N–H and O–H groups in total. The van der Waals surface area contributed by atoms with Crippen LogP contribution in [-0.2, 0) is 25.4 Å². The standard InChI is InChI=1S/C9H18O3S2/c1-3-4-14(13)9-6(2)12-7(5-10)8(9)11/h6-11H,3-5H2,1-2H3/t6-,7+,8-,9?,14?/m0/s1. The van der Waals surface area contributed by atoms with Crippen LogP contribution >= 0.6 is 0 Å². The molecule has 84 valence electrons. The van der Waals surface area contributed by atoms with Gasteiger partial charge in [-0.3, -0.25) is 0 Å². The van der Waals surface area contributed by atoms with Gasteiger partial charge in [-0.05, 0) is 19.1 Å². The average molecular weight is 238 g/mol. The third-order valence-corrected chi connectivity index (χ3v) is 5.70. The first kappa shape index (κ1) is 12.5. The van der Waals surface area contributed by atoms with Crippen LogP contribution in [0.5, 0.6) is 0 Å². The zero-order chi connectivity index (χ0) is 10.7. The summed E-state index contributed by atoms with van der Waals surface area (Å²) < 4.78 is 5.44. The summed E-state index contributed by atoms with van der Waals surface area (Å²) in [6.07, 6.45) is -0.0338. The maximum atomic E-state index is 9.87. The molecular formula is C9H18O3S2. The lowest BCUT2D eigenvalue weighted by Gasteiger charge is -2.19. The average Bonchev–Trinajstić information content (AvgIpc) is 2.41. The predicted molar refractivity (Wildman–Crippen MR) is 61.1 cm³/mol. The van der Waals surface area contributed by atoms with Gasteiger partial charge in [0.05, 0.1) is 24.1 Å². The molecule has 14 heavy (non-hydrogen) atoms. The van der Waals surface area contributed by atoms with Crippen molar-refractivity contribution in [3.63, 3.8) is 0 Å². The summed E-state index contributed by atoms with van der Waals surface area (Å²) in [5, 5.41) is 18.9. The molecule has 0 aromatic heterocycles. The Morgan fingerprint density at radius 2 is 2.14 bits per heavy atom. The van der Waals surface area contributed by atoms with Crippen LogP contribution < -0.4 is 0 Å². The van der Waals surface area contributed by atoms with Crippen molar-refractivity contribution in [1.82, 2.24) is 0 Å². The second-order valence-corrected chi connectivity index (χ2v) is 6.60. The minimum atomic E-state index is -0.595. The first-order chi connectivity index (χ1) is 6.61. The Hall–Kier alpha value is 0.450. The number of hydrogen-bond acceptors (Lipinski definition) is 4. The molecular weight excluding hydrogens is 220 g/mol. The van der Waals surface area contributed by atoms with Crippen molar-refractivity contribution in [2.75, 3.05) is 12.4 Å². The molecule has 1 aliphatic heterocycles. The first-order valence-electron chi connectivity index (χ1n) is 4.93. The van der Waals surface area contributed by atoms with E-state index in [1.807, 2.05) is 6.92 Å². The quantitative estimate of drug-likeness (QED) is 0.723. The van der Waals surface area contributed by atoms with Crippen molar-refractivity contribution < 1.29 is 14.9 Å². The normalized spacial score (nSPS) is 40.0. The fourth-order valence-electron chi connectivity index (χ4n) is 1.78.